The zero-order chi connectivity index (χ0) is 19.5. The normalized spacial score (nSPS) is 13.9. The largest absolute Gasteiger partial charge is 0.454 e. The molecule has 2 aromatic carbocycles. The lowest BCUT2D eigenvalue weighted by Gasteiger charge is -2.28. The molecule has 2 aliphatic rings. The summed E-state index contributed by atoms with van der Waals surface area (Å²) >= 11 is 0. The molecule has 9 heteroatoms. The number of fused-ring (bicyclic) bond motifs is 2. The number of urea groups is 1. The van der Waals surface area contributed by atoms with Gasteiger partial charge in [0.05, 0.1) is 11.4 Å². The molecule has 0 atom stereocenters. The van der Waals surface area contributed by atoms with Gasteiger partial charge in [-0.05, 0) is 17.5 Å². The number of benzene rings is 2. The third-order valence-electron chi connectivity index (χ3n) is 4.86. The Morgan fingerprint density at radius 3 is 2.62 bits per heavy atom. The van der Waals surface area contributed by atoms with Crippen molar-refractivity contribution < 1.29 is 19.1 Å². The minimum Gasteiger partial charge on any atom is -0.454 e. The summed E-state index contributed by atoms with van der Waals surface area (Å²) in [6.45, 7) is 1.64. The zero-order valence-corrected chi connectivity index (χ0v) is 16.6. The molecule has 4 N–H and O–H groups in total. The van der Waals surface area contributed by atoms with Crippen LogP contribution in [0.15, 0.2) is 36.4 Å². The van der Waals surface area contributed by atoms with E-state index >= 15 is 0 Å². The highest BCUT2D eigenvalue weighted by atomic mass is 35.5. The van der Waals surface area contributed by atoms with E-state index in [0.29, 0.717) is 36.0 Å². The number of nitrogens with zero attached hydrogens (tertiary/aromatic N) is 1. The molecule has 2 heterocycles. The molecular weight excluding hydrogens is 396 g/mol. The van der Waals surface area contributed by atoms with Crippen molar-refractivity contribution in [1.82, 2.24) is 10.2 Å². The van der Waals surface area contributed by atoms with Crippen LogP contribution in [0.3, 0.4) is 0 Å². The maximum Gasteiger partial charge on any atom is 0.317 e. The average molecular weight is 419 g/mol. The smallest absolute Gasteiger partial charge is 0.317 e. The quantitative estimate of drug-likeness (QED) is 0.661. The Morgan fingerprint density at radius 1 is 1.10 bits per heavy atom. The van der Waals surface area contributed by atoms with Crippen molar-refractivity contribution in [3.63, 3.8) is 0 Å². The van der Waals surface area contributed by atoms with Crippen LogP contribution in [0.1, 0.15) is 17.5 Å². The number of nitrogens with one attached hydrogen (secondary N) is 2. The number of halogens is 1. The first kappa shape index (κ1) is 20.6. The van der Waals surface area contributed by atoms with Crippen molar-refractivity contribution in [2.75, 3.05) is 30.9 Å². The number of carbonyl (C=O) groups is 2. The van der Waals surface area contributed by atoms with E-state index in [1.54, 1.807) is 17.0 Å². The Kier molecular flexibility index (Phi) is 6.33. The fourth-order valence-corrected chi connectivity index (χ4v) is 3.34. The fraction of sp³-hybridized carbons (Fsp3) is 0.300. The van der Waals surface area contributed by atoms with Crippen LogP contribution < -0.4 is 25.8 Å². The van der Waals surface area contributed by atoms with Crippen molar-refractivity contribution in [3.8, 4) is 11.5 Å². The fourth-order valence-electron chi connectivity index (χ4n) is 3.34. The first-order chi connectivity index (χ1) is 13.6. The van der Waals surface area contributed by atoms with E-state index in [4.69, 9.17) is 15.2 Å². The number of carbonyl (C=O) groups excluding carboxylic acids is 2. The summed E-state index contributed by atoms with van der Waals surface area (Å²) < 4.78 is 10.5. The van der Waals surface area contributed by atoms with Gasteiger partial charge >= 0.3 is 6.03 Å². The second-order valence-electron chi connectivity index (χ2n) is 6.76. The molecule has 8 nitrogen and oxygen atoms in total. The molecule has 4 rings (SSSR count). The molecule has 2 aliphatic heterocycles. The molecule has 0 saturated heterocycles. The molecule has 0 fully saturated rings. The van der Waals surface area contributed by atoms with Crippen molar-refractivity contribution in [1.29, 1.82) is 0 Å². The first-order valence-electron chi connectivity index (χ1n) is 9.18. The lowest BCUT2D eigenvalue weighted by molar-refractivity contribution is -0.116. The van der Waals surface area contributed by atoms with Gasteiger partial charge in [0.25, 0.3) is 0 Å². The summed E-state index contributed by atoms with van der Waals surface area (Å²) in [4.78, 5) is 26.3. The topological polar surface area (TPSA) is 106 Å². The summed E-state index contributed by atoms with van der Waals surface area (Å²) in [5.74, 6) is 0.865. The van der Waals surface area contributed by atoms with E-state index in [9.17, 15) is 9.59 Å². The first-order valence-corrected chi connectivity index (χ1v) is 9.18. The highest BCUT2D eigenvalue weighted by Gasteiger charge is 2.20. The summed E-state index contributed by atoms with van der Waals surface area (Å²) in [5, 5.41) is 5.55. The molecule has 0 unspecified atom stereocenters. The van der Waals surface area contributed by atoms with Crippen LogP contribution in [-0.4, -0.2) is 36.7 Å². The molecule has 0 saturated carbocycles. The maximum absolute atomic E-state index is 12.4. The van der Waals surface area contributed by atoms with Crippen molar-refractivity contribution in [3.05, 3.63) is 47.5 Å². The highest BCUT2D eigenvalue weighted by Crippen LogP contribution is 2.38. The predicted molar refractivity (Wildman–Crippen MR) is 111 cm³/mol. The Bertz CT molecular complexity index is 921. The predicted octanol–water partition coefficient (Wildman–Crippen LogP) is 2.52. The number of hydrogen-bond acceptors (Lipinski definition) is 5. The van der Waals surface area contributed by atoms with Crippen molar-refractivity contribution >= 4 is 35.7 Å². The molecule has 0 radical (unpaired) electrons. The molecule has 0 aromatic heterocycles. The van der Waals surface area contributed by atoms with E-state index in [2.05, 4.69) is 16.7 Å². The molecule has 29 heavy (non-hydrogen) atoms. The van der Waals surface area contributed by atoms with Gasteiger partial charge in [0.15, 0.2) is 11.5 Å². The van der Waals surface area contributed by atoms with Crippen LogP contribution in [0.25, 0.3) is 0 Å². The Morgan fingerprint density at radius 2 is 1.83 bits per heavy atom. The highest BCUT2D eigenvalue weighted by molar-refractivity contribution is 5.95. The SMILES string of the molecule is Cl.Nc1cc2c(cc1NC(=O)CCNC(=O)N1CCc3ccccc3C1)OCO2. The average Bonchev–Trinajstić information content (AvgIpc) is 3.14. The number of amides is 3. The van der Waals surface area contributed by atoms with Gasteiger partial charge < -0.3 is 30.7 Å². The third kappa shape index (κ3) is 4.65. The molecule has 3 amide bonds. The molecule has 0 spiro atoms. The molecule has 2 aromatic rings. The van der Waals surface area contributed by atoms with E-state index in [1.165, 1.54) is 11.1 Å². The van der Waals surface area contributed by atoms with Crippen molar-refractivity contribution in [2.45, 2.75) is 19.4 Å². The number of ether oxygens (including phenoxy) is 2. The monoisotopic (exact) mass is 418 g/mol. The van der Waals surface area contributed by atoms with Gasteiger partial charge in [-0.15, -0.1) is 12.4 Å². The zero-order valence-electron chi connectivity index (χ0n) is 15.8. The second-order valence-corrected chi connectivity index (χ2v) is 6.76. The van der Waals surface area contributed by atoms with Gasteiger partial charge in [-0.1, -0.05) is 24.3 Å². The van der Waals surface area contributed by atoms with Gasteiger partial charge in [0, 0.05) is 38.2 Å². The van der Waals surface area contributed by atoms with Gasteiger partial charge in [0.2, 0.25) is 12.7 Å². The summed E-state index contributed by atoms with van der Waals surface area (Å²) in [5.41, 5.74) is 9.24. The number of rotatable bonds is 4. The number of nitrogen functional groups attached to an aromatic ring is 1. The lowest BCUT2D eigenvalue weighted by atomic mass is 10.0. The molecule has 0 aliphatic carbocycles. The minimum absolute atomic E-state index is 0. The maximum atomic E-state index is 12.4. The summed E-state index contributed by atoms with van der Waals surface area (Å²) in [6, 6.07) is 11.2. The molecular formula is C20H23ClN4O4. The van der Waals surface area contributed by atoms with Crippen LogP contribution in [-0.2, 0) is 17.8 Å². The van der Waals surface area contributed by atoms with E-state index in [1.807, 2.05) is 18.2 Å². The number of anilines is 2. The lowest BCUT2D eigenvalue weighted by Crippen LogP contribution is -2.43. The van der Waals surface area contributed by atoms with Crippen LogP contribution in [0, 0.1) is 0 Å². The van der Waals surface area contributed by atoms with Gasteiger partial charge in [0.1, 0.15) is 0 Å². The molecule has 0 bridgehead atoms. The van der Waals surface area contributed by atoms with Gasteiger partial charge in [-0.2, -0.15) is 0 Å². The Balaban J connectivity index is 0.00000240. The minimum atomic E-state index is -0.241. The van der Waals surface area contributed by atoms with E-state index in [0.717, 1.165) is 6.42 Å². The Labute approximate surface area is 174 Å². The van der Waals surface area contributed by atoms with Crippen LogP contribution in [0.4, 0.5) is 16.2 Å². The van der Waals surface area contributed by atoms with Crippen LogP contribution >= 0.6 is 12.4 Å². The van der Waals surface area contributed by atoms with E-state index < -0.39 is 0 Å². The second kappa shape index (κ2) is 8.91. The standard InChI is InChI=1S/C20H22N4O4.ClH/c21-15-9-17-18(28-12-27-17)10-16(15)23-19(25)5-7-22-20(26)24-8-6-13-3-1-2-4-14(13)11-24;/h1-4,9-10H,5-8,11-12,21H2,(H,22,26)(H,23,25);1H. The van der Waals surface area contributed by atoms with Gasteiger partial charge in [-0.3, -0.25) is 4.79 Å². The van der Waals surface area contributed by atoms with Crippen LogP contribution in [0.2, 0.25) is 0 Å². The van der Waals surface area contributed by atoms with Crippen molar-refractivity contribution in [2.24, 2.45) is 0 Å². The number of hydrogen-bond donors (Lipinski definition) is 3. The number of nitrogens with two attached hydrogens (primary N) is 1. The van der Waals surface area contributed by atoms with Gasteiger partial charge in [-0.25, -0.2) is 4.79 Å². The third-order valence-corrected chi connectivity index (χ3v) is 4.86. The van der Waals surface area contributed by atoms with Crippen LogP contribution in [0.5, 0.6) is 11.5 Å². The summed E-state index contributed by atoms with van der Waals surface area (Å²) in [6.07, 6.45) is 0.984. The summed E-state index contributed by atoms with van der Waals surface area (Å²) in [7, 11) is 0. The molecule has 154 valence electrons. The van der Waals surface area contributed by atoms with E-state index in [-0.39, 0.29) is 44.1 Å². The Hall–Kier alpha value is -3.13.